The van der Waals surface area contributed by atoms with Gasteiger partial charge in [0.05, 0.1) is 7.11 Å². The van der Waals surface area contributed by atoms with Crippen LogP contribution < -0.4 is 4.74 Å². The second kappa shape index (κ2) is 5.47. The summed E-state index contributed by atoms with van der Waals surface area (Å²) in [6.07, 6.45) is 0. The number of nitrogens with zero attached hydrogens (tertiary/aromatic N) is 1. The van der Waals surface area contributed by atoms with E-state index in [2.05, 4.69) is 66.1 Å². The van der Waals surface area contributed by atoms with Crippen molar-refractivity contribution in [3.05, 3.63) is 66.7 Å². The van der Waals surface area contributed by atoms with Crippen molar-refractivity contribution in [3.63, 3.8) is 0 Å². The zero-order chi connectivity index (χ0) is 15.8. The monoisotopic (exact) mass is 301 g/mol. The number of hydrogen-bond acceptors (Lipinski definition) is 1. The summed E-state index contributed by atoms with van der Waals surface area (Å²) in [5, 5.41) is 2.60. The minimum Gasteiger partial charge on any atom is -0.496 e. The molecule has 0 spiro atoms. The minimum atomic E-state index is 0.908. The first kappa shape index (κ1) is 13.9. The van der Waals surface area contributed by atoms with Crippen molar-refractivity contribution >= 4 is 21.8 Å². The Labute approximate surface area is 135 Å². The van der Waals surface area contributed by atoms with Crippen molar-refractivity contribution in [1.82, 2.24) is 4.57 Å². The van der Waals surface area contributed by atoms with E-state index in [4.69, 9.17) is 4.74 Å². The van der Waals surface area contributed by atoms with Gasteiger partial charge in [-0.1, -0.05) is 42.5 Å². The lowest BCUT2D eigenvalue weighted by Gasteiger charge is -2.09. The number of hydrogen-bond donors (Lipinski definition) is 0. The van der Waals surface area contributed by atoms with E-state index in [1.807, 2.05) is 12.1 Å². The molecule has 1 aromatic heterocycles. The van der Waals surface area contributed by atoms with Crippen molar-refractivity contribution in [2.45, 2.75) is 13.5 Å². The standard InChI is InChI=1S/C21H19NO/c1-3-22-19-10-6-4-9-17(19)18-14-15(12-13-20(18)22)16-8-5-7-11-21(16)23-2/h4-14H,3H2,1-2H3. The van der Waals surface area contributed by atoms with E-state index in [1.54, 1.807) is 7.11 Å². The fraction of sp³-hybridized carbons (Fsp3) is 0.143. The molecule has 0 fully saturated rings. The Bertz CT molecular complexity index is 997. The maximum Gasteiger partial charge on any atom is 0.126 e. The van der Waals surface area contributed by atoms with Crippen LogP contribution in [0.15, 0.2) is 66.7 Å². The third-order valence-corrected chi connectivity index (χ3v) is 4.51. The van der Waals surface area contributed by atoms with Gasteiger partial charge in [-0.05, 0) is 36.8 Å². The van der Waals surface area contributed by atoms with Crippen molar-refractivity contribution in [3.8, 4) is 16.9 Å². The third kappa shape index (κ3) is 2.10. The molecule has 3 aromatic carbocycles. The largest absolute Gasteiger partial charge is 0.496 e. The maximum atomic E-state index is 5.52. The average molecular weight is 301 g/mol. The van der Waals surface area contributed by atoms with Crippen molar-refractivity contribution in [2.24, 2.45) is 0 Å². The van der Waals surface area contributed by atoms with E-state index in [-0.39, 0.29) is 0 Å². The molecule has 114 valence electrons. The summed E-state index contributed by atoms with van der Waals surface area (Å²) in [5.41, 5.74) is 4.90. The smallest absolute Gasteiger partial charge is 0.126 e. The van der Waals surface area contributed by atoms with Crippen LogP contribution >= 0.6 is 0 Å². The molecule has 0 atom stereocenters. The Morgan fingerprint density at radius 1 is 0.826 bits per heavy atom. The molecule has 4 aromatic rings. The van der Waals surface area contributed by atoms with Crippen LogP contribution in [0.5, 0.6) is 5.75 Å². The van der Waals surface area contributed by atoms with Crippen LogP contribution in [0.25, 0.3) is 32.9 Å². The maximum absolute atomic E-state index is 5.52. The van der Waals surface area contributed by atoms with E-state index in [0.717, 1.165) is 17.9 Å². The number of methoxy groups -OCH3 is 1. The number of fused-ring (bicyclic) bond motifs is 3. The van der Waals surface area contributed by atoms with Gasteiger partial charge in [-0.25, -0.2) is 0 Å². The number of aryl methyl sites for hydroxylation is 1. The molecule has 0 bridgehead atoms. The van der Waals surface area contributed by atoms with Gasteiger partial charge in [0.25, 0.3) is 0 Å². The summed E-state index contributed by atoms with van der Waals surface area (Å²) in [7, 11) is 1.72. The van der Waals surface area contributed by atoms with Crippen LogP contribution in [0.4, 0.5) is 0 Å². The van der Waals surface area contributed by atoms with Gasteiger partial charge in [-0.15, -0.1) is 0 Å². The van der Waals surface area contributed by atoms with Gasteiger partial charge >= 0.3 is 0 Å². The Balaban J connectivity index is 2.03. The first-order valence-corrected chi connectivity index (χ1v) is 7.98. The van der Waals surface area contributed by atoms with Crippen molar-refractivity contribution < 1.29 is 4.74 Å². The SMILES string of the molecule is CCn1c2ccccc2c2cc(-c3ccccc3OC)ccc21. The minimum absolute atomic E-state index is 0.908. The fourth-order valence-electron chi connectivity index (χ4n) is 3.45. The van der Waals surface area contributed by atoms with Gasteiger partial charge in [-0.2, -0.15) is 0 Å². The molecule has 0 amide bonds. The lowest BCUT2D eigenvalue weighted by molar-refractivity contribution is 0.416. The van der Waals surface area contributed by atoms with Crippen LogP contribution in [0, 0.1) is 0 Å². The number of benzene rings is 3. The highest BCUT2D eigenvalue weighted by atomic mass is 16.5. The Morgan fingerprint density at radius 3 is 2.39 bits per heavy atom. The van der Waals surface area contributed by atoms with Gasteiger partial charge in [0.2, 0.25) is 0 Å². The molecule has 0 radical (unpaired) electrons. The normalized spacial score (nSPS) is 11.2. The molecule has 0 N–H and O–H groups in total. The molecular weight excluding hydrogens is 282 g/mol. The molecule has 0 saturated carbocycles. The zero-order valence-corrected chi connectivity index (χ0v) is 13.4. The summed E-state index contributed by atoms with van der Waals surface area (Å²) >= 11 is 0. The molecule has 0 unspecified atom stereocenters. The Kier molecular flexibility index (Phi) is 3.30. The first-order valence-electron chi connectivity index (χ1n) is 7.98. The molecule has 23 heavy (non-hydrogen) atoms. The molecule has 0 aliphatic heterocycles. The molecule has 4 rings (SSSR count). The number of aromatic nitrogens is 1. The predicted molar refractivity (Wildman–Crippen MR) is 97.1 cm³/mol. The van der Waals surface area contributed by atoms with E-state index in [9.17, 15) is 0 Å². The highest BCUT2D eigenvalue weighted by Crippen LogP contribution is 2.35. The summed E-state index contributed by atoms with van der Waals surface area (Å²) in [6, 6.07) is 23.5. The van der Waals surface area contributed by atoms with Gasteiger partial charge in [-0.3, -0.25) is 0 Å². The quantitative estimate of drug-likeness (QED) is 0.488. The zero-order valence-electron chi connectivity index (χ0n) is 13.4. The van der Waals surface area contributed by atoms with Gasteiger partial charge in [0.1, 0.15) is 5.75 Å². The highest BCUT2D eigenvalue weighted by Gasteiger charge is 2.11. The lowest BCUT2D eigenvalue weighted by Crippen LogP contribution is -1.92. The number of para-hydroxylation sites is 2. The lowest BCUT2D eigenvalue weighted by atomic mass is 10.0. The van der Waals surface area contributed by atoms with Gasteiger partial charge < -0.3 is 9.30 Å². The fourth-order valence-corrected chi connectivity index (χ4v) is 3.45. The van der Waals surface area contributed by atoms with E-state index < -0.39 is 0 Å². The number of rotatable bonds is 3. The van der Waals surface area contributed by atoms with E-state index in [1.165, 1.54) is 27.4 Å². The first-order chi connectivity index (χ1) is 11.3. The van der Waals surface area contributed by atoms with E-state index >= 15 is 0 Å². The van der Waals surface area contributed by atoms with E-state index in [0.29, 0.717) is 0 Å². The second-order valence-electron chi connectivity index (χ2n) is 5.69. The third-order valence-electron chi connectivity index (χ3n) is 4.51. The summed E-state index contributed by atoms with van der Waals surface area (Å²) in [6.45, 7) is 3.16. The highest BCUT2D eigenvalue weighted by molar-refractivity contribution is 6.09. The van der Waals surface area contributed by atoms with Crippen LogP contribution in [0.2, 0.25) is 0 Å². The predicted octanol–water partition coefficient (Wildman–Crippen LogP) is 5.49. The second-order valence-corrected chi connectivity index (χ2v) is 5.69. The molecule has 1 heterocycles. The number of ether oxygens (including phenoxy) is 1. The van der Waals surface area contributed by atoms with Gasteiger partial charge in [0, 0.05) is 33.9 Å². The topological polar surface area (TPSA) is 14.2 Å². The molecule has 2 nitrogen and oxygen atoms in total. The van der Waals surface area contributed by atoms with Gasteiger partial charge in [0.15, 0.2) is 0 Å². The van der Waals surface area contributed by atoms with Crippen LogP contribution in [0.1, 0.15) is 6.92 Å². The van der Waals surface area contributed by atoms with Crippen LogP contribution in [-0.2, 0) is 6.54 Å². The van der Waals surface area contributed by atoms with Crippen molar-refractivity contribution in [1.29, 1.82) is 0 Å². The molecule has 0 aliphatic carbocycles. The molecule has 0 saturated heterocycles. The summed E-state index contributed by atoms with van der Waals surface area (Å²) in [5.74, 6) is 0.908. The summed E-state index contributed by atoms with van der Waals surface area (Å²) in [4.78, 5) is 0. The Hall–Kier alpha value is -2.74. The van der Waals surface area contributed by atoms with Crippen LogP contribution in [0.3, 0.4) is 0 Å². The molecule has 0 aliphatic rings. The van der Waals surface area contributed by atoms with Crippen LogP contribution in [-0.4, -0.2) is 11.7 Å². The molecular formula is C21H19NO. The Morgan fingerprint density at radius 2 is 1.57 bits per heavy atom. The van der Waals surface area contributed by atoms with Crippen molar-refractivity contribution in [2.75, 3.05) is 7.11 Å². The summed E-state index contributed by atoms with van der Waals surface area (Å²) < 4.78 is 7.89. The average Bonchev–Trinajstić information content (AvgIpc) is 2.94. The molecule has 2 heteroatoms.